The summed E-state index contributed by atoms with van der Waals surface area (Å²) >= 11 is 0. The van der Waals surface area contributed by atoms with Crippen molar-refractivity contribution >= 4 is 5.69 Å². The van der Waals surface area contributed by atoms with E-state index in [1.165, 1.54) is 0 Å². The zero-order valence-electron chi connectivity index (χ0n) is 11.5. The zero-order chi connectivity index (χ0) is 13.8. The molecule has 2 rings (SSSR count). The van der Waals surface area contributed by atoms with Crippen LogP contribution >= 0.6 is 0 Å². The highest BCUT2D eigenvalue weighted by atomic mass is 16.5. The van der Waals surface area contributed by atoms with Crippen LogP contribution in [0, 0.1) is 0 Å². The highest BCUT2D eigenvalue weighted by Crippen LogP contribution is 2.23. The van der Waals surface area contributed by atoms with Crippen LogP contribution in [-0.2, 0) is 4.74 Å². The Bertz CT molecular complexity index is 396. The largest absolute Gasteiger partial charge is 0.394 e. The second-order valence-corrected chi connectivity index (χ2v) is 5.00. The van der Waals surface area contributed by atoms with Crippen molar-refractivity contribution in [1.29, 1.82) is 0 Å². The third kappa shape index (κ3) is 3.23. The Hall–Kier alpha value is -1.17. The topological polar surface area (TPSA) is 65.8 Å². The Balaban J connectivity index is 2.11. The molecule has 0 aliphatic carbocycles. The number of ether oxygens (including phenoxy) is 1. The maximum atomic E-state index is 9.73. The summed E-state index contributed by atoms with van der Waals surface area (Å²) < 4.78 is 5.52. The fourth-order valence-electron chi connectivity index (χ4n) is 2.26. The fourth-order valence-corrected chi connectivity index (χ4v) is 2.26. The Kier molecular flexibility index (Phi) is 4.74. The molecule has 0 amide bonds. The Labute approximate surface area is 113 Å². The van der Waals surface area contributed by atoms with E-state index in [9.17, 15) is 10.2 Å². The van der Waals surface area contributed by atoms with Crippen molar-refractivity contribution in [2.45, 2.75) is 38.5 Å². The number of hydrogen-bond donors (Lipinski definition) is 2. The lowest BCUT2D eigenvalue weighted by Gasteiger charge is -2.38. The third-order valence-corrected chi connectivity index (χ3v) is 3.54. The second-order valence-electron chi connectivity index (χ2n) is 5.00. The Morgan fingerprint density at radius 3 is 2.89 bits per heavy atom. The number of aliphatic hydroxyl groups excluding tert-OH is 2. The van der Waals surface area contributed by atoms with Gasteiger partial charge in [0.15, 0.2) is 0 Å². The van der Waals surface area contributed by atoms with Gasteiger partial charge in [-0.2, -0.15) is 0 Å². The van der Waals surface area contributed by atoms with Gasteiger partial charge >= 0.3 is 0 Å². The minimum absolute atomic E-state index is 0.0310. The molecular formula is C14H22N2O3. The average Bonchev–Trinajstić information content (AvgIpc) is 2.47. The molecule has 0 saturated carbocycles. The van der Waals surface area contributed by atoms with Crippen molar-refractivity contribution in [3.05, 3.63) is 24.0 Å². The van der Waals surface area contributed by atoms with E-state index < -0.39 is 6.10 Å². The Morgan fingerprint density at radius 1 is 1.53 bits per heavy atom. The molecule has 1 aliphatic rings. The molecule has 2 heterocycles. The van der Waals surface area contributed by atoms with Gasteiger partial charge in [-0.25, -0.2) is 0 Å². The molecule has 1 fully saturated rings. The summed E-state index contributed by atoms with van der Waals surface area (Å²) in [6.07, 6.45) is 1.80. The molecule has 1 aliphatic heterocycles. The van der Waals surface area contributed by atoms with E-state index in [1.807, 2.05) is 19.1 Å². The Morgan fingerprint density at radius 2 is 2.32 bits per heavy atom. The van der Waals surface area contributed by atoms with Crippen LogP contribution in [-0.4, -0.2) is 47.1 Å². The van der Waals surface area contributed by atoms with Crippen molar-refractivity contribution < 1.29 is 14.9 Å². The van der Waals surface area contributed by atoms with Crippen LogP contribution in [0.1, 0.15) is 32.1 Å². The summed E-state index contributed by atoms with van der Waals surface area (Å²) in [5, 5.41) is 18.9. The van der Waals surface area contributed by atoms with Crippen molar-refractivity contribution in [2.24, 2.45) is 0 Å². The van der Waals surface area contributed by atoms with Crippen molar-refractivity contribution in [3.63, 3.8) is 0 Å². The van der Waals surface area contributed by atoms with Gasteiger partial charge in [0.2, 0.25) is 0 Å². The second kappa shape index (κ2) is 6.32. The highest BCUT2D eigenvalue weighted by molar-refractivity contribution is 5.46. The predicted molar refractivity (Wildman–Crippen MR) is 73.1 cm³/mol. The number of morpholine rings is 1. The summed E-state index contributed by atoms with van der Waals surface area (Å²) in [7, 11) is 0. The maximum absolute atomic E-state index is 9.73. The van der Waals surface area contributed by atoms with Crippen molar-refractivity contribution in [3.8, 4) is 0 Å². The van der Waals surface area contributed by atoms with E-state index in [1.54, 1.807) is 6.20 Å². The molecule has 0 radical (unpaired) electrons. The zero-order valence-corrected chi connectivity index (χ0v) is 11.5. The lowest BCUT2D eigenvalue weighted by atomic mass is 10.1. The highest BCUT2D eigenvalue weighted by Gasteiger charge is 2.26. The quantitative estimate of drug-likeness (QED) is 0.854. The smallest absolute Gasteiger partial charge is 0.0981 e. The maximum Gasteiger partial charge on any atom is 0.0981 e. The number of hydrogen-bond acceptors (Lipinski definition) is 5. The van der Waals surface area contributed by atoms with Crippen LogP contribution in [0.2, 0.25) is 0 Å². The standard InChI is InChI=1S/C14H22N2O3/c1-3-14(18)13-5-4-11(6-15-13)16-7-12(8-17)19-9-10(16)2/h4-6,10,12,14,17-18H,3,7-9H2,1-2H3. The van der Waals surface area contributed by atoms with Gasteiger partial charge in [-0.3, -0.25) is 4.98 Å². The molecule has 5 nitrogen and oxygen atoms in total. The normalized spacial score (nSPS) is 25.4. The van der Waals surface area contributed by atoms with Gasteiger partial charge in [-0.15, -0.1) is 0 Å². The molecule has 0 spiro atoms. The summed E-state index contributed by atoms with van der Waals surface area (Å²) in [5.41, 5.74) is 1.70. The van der Waals surface area contributed by atoms with E-state index in [0.717, 1.165) is 5.69 Å². The van der Waals surface area contributed by atoms with E-state index in [2.05, 4.69) is 16.8 Å². The summed E-state index contributed by atoms with van der Waals surface area (Å²) in [6.45, 7) is 5.31. The summed E-state index contributed by atoms with van der Waals surface area (Å²) in [6, 6.07) is 4.09. The molecule has 2 N–H and O–H groups in total. The van der Waals surface area contributed by atoms with Gasteiger partial charge in [-0.05, 0) is 25.5 Å². The average molecular weight is 266 g/mol. The lowest BCUT2D eigenvalue weighted by molar-refractivity contribution is -0.0103. The van der Waals surface area contributed by atoms with Gasteiger partial charge in [0.25, 0.3) is 0 Å². The number of aromatic nitrogens is 1. The van der Waals surface area contributed by atoms with Crippen LogP contribution < -0.4 is 4.90 Å². The monoisotopic (exact) mass is 266 g/mol. The minimum Gasteiger partial charge on any atom is -0.394 e. The summed E-state index contributed by atoms with van der Waals surface area (Å²) in [5.74, 6) is 0. The van der Waals surface area contributed by atoms with Crippen LogP contribution in [0.15, 0.2) is 18.3 Å². The van der Waals surface area contributed by atoms with Gasteiger partial charge < -0.3 is 19.8 Å². The molecular weight excluding hydrogens is 244 g/mol. The number of anilines is 1. The number of aliphatic hydroxyl groups is 2. The molecule has 19 heavy (non-hydrogen) atoms. The van der Waals surface area contributed by atoms with E-state index in [4.69, 9.17) is 4.74 Å². The molecule has 0 bridgehead atoms. The molecule has 3 unspecified atom stereocenters. The first-order chi connectivity index (χ1) is 9.15. The summed E-state index contributed by atoms with van der Waals surface area (Å²) in [4.78, 5) is 6.50. The molecule has 1 saturated heterocycles. The van der Waals surface area contributed by atoms with E-state index >= 15 is 0 Å². The molecule has 1 aromatic heterocycles. The van der Waals surface area contributed by atoms with Gasteiger partial charge in [0.05, 0.1) is 43.0 Å². The van der Waals surface area contributed by atoms with Crippen LogP contribution in [0.25, 0.3) is 0 Å². The van der Waals surface area contributed by atoms with Gasteiger partial charge in [-0.1, -0.05) is 6.92 Å². The van der Waals surface area contributed by atoms with E-state index in [0.29, 0.717) is 25.3 Å². The minimum atomic E-state index is -0.499. The fraction of sp³-hybridized carbons (Fsp3) is 0.643. The number of nitrogens with zero attached hydrogens (tertiary/aromatic N) is 2. The first-order valence-electron chi connectivity index (χ1n) is 6.78. The van der Waals surface area contributed by atoms with E-state index in [-0.39, 0.29) is 18.8 Å². The third-order valence-electron chi connectivity index (χ3n) is 3.54. The molecule has 106 valence electrons. The lowest BCUT2D eigenvalue weighted by Crippen LogP contribution is -2.49. The van der Waals surface area contributed by atoms with Crippen molar-refractivity contribution in [2.75, 3.05) is 24.7 Å². The SMILES string of the molecule is CCC(O)c1ccc(N2CC(CO)OCC2C)cn1. The van der Waals surface area contributed by atoms with Crippen LogP contribution in [0.5, 0.6) is 0 Å². The molecule has 0 aromatic carbocycles. The van der Waals surface area contributed by atoms with Crippen molar-refractivity contribution in [1.82, 2.24) is 4.98 Å². The number of rotatable bonds is 4. The van der Waals surface area contributed by atoms with Gasteiger partial charge in [0.1, 0.15) is 0 Å². The molecule has 5 heteroatoms. The predicted octanol–water partition coefficient (Wildman–Crippen LogP) is 1.11. The van der Waals surface area contributed by atoms with Gasteiger partial charge in [0, 0.05) is 12.6 Å². The molecule has 1 aromatic rings. The molecule has 3 atom stereocenters. The van der Waals surface area contributed by atoms with Crippen LogP contribution in [0.4, 0.5) is 5.69 Å². The first-order valence-corrected chi connectivity index (χ1v) is 6.78. The van der Waals surface area contributed by atoms with Crippen LogP contribution in [0.3, 0.4) is 0 Å². The number of pyridine rings is 1. The first kappa shape index (κ1) is 14.2.